The zero-order valence-electron chi connectivity index (χ0n) is 8.29. The smallest absolute Gasteiger partial charge is 0.406 e. The molecule has 0 aromatic heterocycles. The van der Waals surface area contributed by atoms with Crippen LogP contribution in [0.25, 0.3) is 0 Å². The molecule has 0 heterocycles. The van der Waals surface area contributed by atoms with Gasteiger partial charge >= 0.3 is 12.1 Å². The molecule has 0 unspecified atom stereocenters. The van der Waals surface area contributed by atoms with Gasteiger partial charge in [0.25, 0.3) is 0 Å². The zero-order valence-corrected chi connectivity index (χ0v) is 8.29. The van der Waals surface area contributed by atoms with Crippen molar-refractivity contribution in [1.29, 1.82) is 5.26 Å². The van der Waals surface area contributed by atoms with Crippen LogP contribution >= 0.6 is 0 Å². The van der Waals surface area contributed by atoms with Gasteiger partial charge in [0.2, 0.25) is 0 Å². The lowest BCUT2D eigenvalue weighted by Crippen LogP contribution is -2.40. The van der Waals surface area contributed by atoms with Gasteiger partial charge in [-0.05, 0) is 6.92 Å². The van der Waals surface area contributed by atoms with E-state index in [1.165, 1.54) is 21.1 Å². The fourth-order valence-corrected chi connectivity index (χ4v) is 0.704. The van der Waals surface area contributed by atoms with Gasteiger partial charge in [0.05, 0.1) is 26.8 Å². The molecule has 0 aliphatic heterocycles. The van der Waals surface area contributed by atoms with E-state index in [0.29, 0.717) is 0 Å². The minimum atomic E-state index is -1.39. The monoisotopic (exact) mass is 200 g/mol. The molecule has 6 nitrogen and oxygen atoms in total. The highest BCUT2D eigenvalue weighted by molar-refractivity contribution is 5.80. The highest BCUT2D eigenvalue weighted by Crippen LogP contribution is 2.15. The first-order chi connectivity index (χ1) is 6.50. The van der Waals surface area contributed by atoms with Crippen LogP contribution in [0.2, 0.25) is 0 Å². The summed E-state index contributed by atoms with van der Waals surface area (Å²) >= 11 is 0. The number of alkyl carbamates (subject to hydrolysis) is 1. The maximum absolute atomic E-state index is 11.1. The van der Waals surface area contributed by atoms with Crippen molar-refractivity contribution in [2.45, 2.75) is 6.92 Å². The summed E-state index contributed by atoms with van der Waals surface area (Å²) in [5.74, 6) is -0.698. The molecular weight excluding hydrogens is 188 g/mol. The second kappa shape index (κ2) is 5.07. The molecule has 1 N–H and O–H groups in total. The topological polar surface area (TPSA) is 88.4 Å². The normalized spacial score (nSPS) is 13.3. The Bertz CT molecular complexity index is 271. The summed E-state index contributed by atoms with van der Waals surface area (Å²) in [5, 5.41) is 11.0. The molecule has 6 heteroatoms. The predicted octanol–water partition coefficient (Wildman–Crippen LogP) is 0.0453. The maximum Gasteiger partial charge on any atom is 0.406 e. The molecule has 0 fully saturated rings. The van der Waals surface area contributed by atoms with E-state index in [2.05, 4.69) is 14.8 Å². The predicted molar refractivity (Wildman–Crippen MR) is 46.1 cm³/mol. The molecule has 0 aliphatic carbocycles. The molecule has 1 atom stereocenters. The van der Waals surface area contributed by atoms with Crippen LogP contribution in [-0.4, -0.2) is 32.8 Å². The van der Waals surface area contributed by atoms with Gasteiger partial charge < -0.3 is 14.8 Å². The Morgan fingerprint density at radius 3 is 2.36 bits per heavy atom. The Labute approximate surface area is 81.8 Å². The number of nitriles is 1. The molecular formula is C8H12N2O4. The lowest BCUT2D eigenvalue weighted by molar-refractivity contribution is -0.148. The van der Waals surface area contributed by atoms with Crippen LogP contribution in [0.5, 0.6) is 0 Å². The van der Waals surface area contributed by atoms with Crippen LogP contribution in [0.4, 0.5) is 4.79 Å². The molecule has 0 rings (SSSR count). The molecule has 0 aliphatic rings. The number of ether oxygens (including phenoxy) is 2. The number of carbonyl (C=O) groups is 2. The van der Waals surface area contributed by atoms with E-state index in [-0.39, 0.29) is 6.54 Å². The Morgan fingerprint density at radius 1 is 1.43 bits per heavy atom. The van der Waals surface area contributed by atoms with Crippen molar-refractivity contribution < 1.29 is 19.1 Å². The molecule has 0 radical (unpaired) electrons. The van der Waals surface area contributed by atoms with Crippen LogP contribution in [0.3, 0.4) is 0 Å². The number of methoxy groups -OCH3 is 2. The van der Waals surface area contributed by atoms with Crippen molar-refractivity contribution >= 4 is 12.1 Å². The summed E-state index contributed by atoms with van der Waals surface area (Å²) in [4.78, 5) is 21.8. The highest BCUT2D eigenvalue weighted by Gasteiger charge is 2.35. The number of rotatable bonds is 3. The first kappa shape index (κ1) is 12.2. The summed E-state index contributed by atoms with van der Waals surface area (Å²) in [6.45, 7) is 1.22. The molecule has 0 bridgehead atoms. The Balaban J connectivity index is 4.36. The van der Waals surface area contributed by atoms with E-state index in [0.717, 1.165) is 0 Å². The lowest BCUT2D eigenvalue weighted by atomic mass is 9.93. The number of nitrogens with one attached hydrogen (secondary N) is 1. The number of esters is 1. The lowest BCUT2D eigenvalue weighted by Gasteiger charge is -2.18. The first-order valence-electron chi connectivity index (χ1n) is 3.81. The number of nitrogens with zero attached hydrogens (tertiary/aromatic N) is 1. The number of hydrogen-bond donors (Lipinski definition) is 1. The van der Waals surface area contributed by atoms with Gasteiger partial charge in [-0.2, -0.15) is 5.26 Å². The third kappa shape index (κ3) is 2.94. The fourth-order valence-electron chi connectivity index (χ4n) is 0.704. The Hall–Kier alpha value is -1.77. The molecule has 0 aromatic rings. The average molecular weight is 200 g/mol. The third-order valence-electron chi connectivity index (χ3n) is 1.65. The van der Waals surface area contributed by atoms with E-state index in [1.807, 2.05) is 0 Å². The van der Waals surface area contributed by atoms with Crippen molar-refractivity contribution in [3.05, 3.63) is 0 Å². The summed E-state index contributed by atoms with van der Waals surface area (Å²) < 4.78 is 8.71. The molecule has 0 aromatic carbocycles. The van der Waals surface area contributed by atoms with E-state index in [4.69, 9.17) is 5.26 Å². The third-order valence-corrected chi connectivity index (χ3v) is 1.65. The van der Waals surface area contributed by atoms with Gasteiger partial charge in [-0.25, -0.2) is 4.79 Å². The van der Waals surface area contributed by atoms with Gasteiger partial charge in [0, 0.05) is 0 Å². The van der Waals surface area contributed by atoms with Crippen molar-refractivity contribution in [2.75, 3.05) is 20.8 Å². The average Bonchev–Trinajstić information content (AvgIpc) is 2.23. The van der Waals surface area contributed by atoms with Crippen molar-refractivity contribution in [1.82, 2.24) is 5.32 Å². The summed E-state index contributed by atoms with van der Waals surface area (Å²) in [6.07, 6.45) is -0.699. The summed E-state index contributed by atoms with van der Waals surface area (Å²) in [5.41, 5.74) is -1.39. The van der Waals surface area contributed by atoms with E-state index in [9.17, 15) is 9.59 Å². The zero-order chi connectivity index (χ0) is 11.2. The highest BCUT2D eigenvalue weighted by atomic mass is 16.5. The molecule has 1 amide bonds. The number of hydrogen-bond acceptors (Lipinski definition) is 5. The van der Waals surface area contributed by atoms with Crippen LogP contribution in [-0.2, 0) is 14.3 Å². The van der Waals surface area contributed by atoms with Crippen LogP contribution in [0.15, 0.2) is 0 Å². The molecule has 0 spiro atoms. The van der Waals surface area contributed by atoms with Crippen molar-refractivity contribution in [3.63, 3.8) is 0 Å². The maximum atomic E-state index is 11.1. The van der Waals surface area contributed by atoms with Gasteiger partial charge in [-0.1, -0.05) is 0 Å². The molecule has 14 heavy (non-hydrogen) atoms. The van der Waals surface area contributed by atoms with Crippen LogP contribution in [0.1, 0.15) is 6.92 Å². The standard InChI is InChI=1S/C8H12N2O4/c1-8(4-9,6(11)13-2)5-10-7(12)14-3/h5H2,1-3H3,(H,10,12)/t8-/m0/s1. The minimum absolute atomic E-state index is 0.150. The fraction of sp³-hybridized carbons (Fsp3) is 0.625. The van der Waals surface area contributed by atoms with E-state index < -0.39 is 17.5 Å². The molecule has 0 saturated heterocycles. The van der Waals surface area contributed by atoms with Crippen molar-refractivity contribution in [3.8, 4) is 6.07 Å². The van der Waals surface area contributed by atoms with Crippen molar-refractivity contribution in [2.24, 2.45) is 5.41 Å². The minimum Gasteiger partial charge on any atom is -0.468 e. The summed E-state index contributed by atoms with van der Waals surface area (Å²) in [7, 11) is 2.37. The Morgan fingerprint density at radius 2 is 2.00 bits per heavy atom. The van der Waals surface area contributed by atoms with E-state index >= 15 is 0 Å². The first-order valence-corrected chi connectivity index (χ1v) is 3.81. The number of carbonyl (C=O) groups excluding carboxylic acids is 2. The second-order valence-electron chi connectivity index (χ2n) is 2.78. The molecule has 0 saturated carbocycles. The van der Waals surface area contributed by atoms with Gasteiger partial charge in [0.15, 0.2) is 5.41 Å². The van der Waals surface area contributed by atoms with Crippen LogP contribution in [0, 0.1) is 16.7 Å². The Kier molecular flexibility index (Phi) is 4.43. The van der Waals surface area contributed by atoms with E-state index in [1.54, 1.807) is 6.07 Å². The SMILES string of the molecule is COC(=O)NC[C@](C)(C#N)C(=O)OC. The van der Waals surface area contributed by atoms with Gasteiger partial charge in [0.1, 0.15) is 0 Å². The van der Waals surface area contributed by atoms with Crippen LogP contribution < -0.4 is 5.32 Å². The quantitative estimate of drug-likeness (QED) is 0.650. The second-order valence-corrected chi connectivity index (χ2v) is 2.78. The number of amides is 1. The van der Waals surface area contributed by atoms with Gasteiger partial charge in [-0.15, -0.1) is 0 Å². The summed E-state index contributed by atoms with van der Waals surface area (Å²) in [6, 6.07) is 1.76. The molecule has 78 valence electrons. The van der Waals surface area contributed by atoms with Gasteiger partial charge in [-0.3, -0.25) is 4.79 Å². The largest absolute Gasteiger partial charge is 0.468 e.